The molecule has 6 nitrogen and oxygen atoms in total. The lowest BCUT2D eigenvalue weighted by molar-refractivity contribution is -0.122. The maximum absolute atomic E-state index is 14.1. The van der Waals surface area contributed by atoms with Gasteiger partial charge in [0.25, 0.3) is 0 Å². The first-order chi connectivity index (χ1) is 9.81. The molecule has 0 aliphatic carbocycles. The van der Waals surface area contributed by atoms with Crippen LogP contribution in [0.5, 0.6) is 0 Å². The lowest BCUT2D eigenvalue weighted by Crippen LogP contribution is -2.46. The summed E-state index contributed by atoms with van der Waals surface area (Å²) < 4.78 is 14.1. The van der Waals surface area contributed by atoms with Crippen LogP contribution in [0.2, 0.25) is 0 Å². The molecule has 0 radical (unpaired) electrons. The predicted octanol–water partition coefficient (Wildman–Crippen LogP) is 1.20. The van der Waals surface area contributed by atoms with Gasteiger partial charge in [-0.25, -0.2) is 9.18 Å². The van der Waals surface area contributed by atoms with E-state index in [9.17, 15) is 14.0 Å². The van der Waals surface area contributed by atoms with E-state index in [2.05, 4.69) is 0 Å². The number of nitrogen functional groups attached to an aromatic ring is 1. The van der Waals surface area contributed by atoms with E-state index >= 15 is 0 Å². The Bertz CT molecular complexity index is 591. The molecule has 2 rings (SSSR count). The van der Waals surface area contributed by atoms with Crippen LogP contribution in [0.1, 0.15) is 30.1 Å². The molecule has 7 heteroatoms. The molecule has 0 aromatic heterocycles. The van der Waals surface area contributed by atoms with Crippen molar-refractivity contribution in [3.05, 3.63) is 23.5 Å². The number of carboxylic acid groups (broad SMARTS) is 1. The molecule has 5 N–H and O–H groups in total. The summed E-state index contributed by atoms with van der Waals surface area (Å²) in [5.74, 6) is -2.62. The molecule has 0 spiro atoms. The molecule has 1 fully saturated rings. The number of hydrogen-bond donors (Lipinski definition) is 3. The number of hydrogen-bond acceptors (Lipinski definition) is 4. The van der Waals surface area contributed by atoms with Gasteiger partial charge < -0.3 is 21.5 Å². The average molecular weight is 295 g/mol. The number of aromatic carboxylic acids is 1. The first-order valence-corrected chi connectivity index (χ1v) is 6.69. The van der Waals surface area contributed by atoms with Crippen LogP contribution >= 0.6 is 0 Å². The van der Waals surface area contributed by atoms with E-state index in [0.717, 1.165) is 6.07 Å². The van der Waals surface area contributed by atoms with E-state index in [1.165, 1.54) is 6.07 Å². The number of halogens is 1. The van der Waals surface area contributed by atoms with Crippen molar-refractivity contribution in [2.45, 2.75) is 25.8 Å². The Morgan fingerprint density at radius 3 is 2.62 bits per heavy atom. The molecule has 1 aromatic carbocycles. The van der Waals surface area contributed by atoms with Crippen molar-refractivity contribution in [2.75, 3.05) is 17.2 Å². The lowest BCUT2D eigenvalue weighted by atomic mass is 9.92. The number of anilines is 2. The van der Waals surface area contributed by atoms with Crippen molar-refractivity contribution in [1.29, 1.82) is 0 Å². The summed E-state index contributed by atoms with van der Waals surface area (Å²) >= 11 is 0. The fourth-order valence-corrected chi connectivity index (χ4v) is 2.66. The maximum Gasteiger partial charge on any atom is 0.337 e. The Labute approximate surface area is 121 Å². The van der Waals surface area contributed by atoms with Gasteiger partial charge in [-0.1, -0.05) is 0 Å². The number of piperidine rings is 1. The molecular weight excluding hydrogens is 277 g/mol. The van der Waals surface area contributed by atoms with Gasteiger partial charge in [0.2, 0.25) is 5.91 Å². The smallest absolute Gasteiger partial charge is 0.337 e. The minimum absolute atomic E-state index is 0.0135. The third-order valence-electron chi connectivity index (χ3n) is 3.94. The van der Waals surface area contributed by atoms with Gasteiger partial charge in [-0.3, -0.25) is 4.79 Å². The molecule has 1 aliphatic heterocycles. The maximum atomic E-state index is 14.1. The highest BCUT2D eigenvalue weighted by Crippen LogP contribution is 2.32. The summed E-state index contributed by atoms with van der Waals surface area (Å²) in [7, 11) is 0. The second-order valence-corrected chi connectivity index (χ2v) is 5.37. The first kappa shape index (κ1) is 15.1. The minimum Gasteiger partial charge on any atom is -0.478 e. The molecular formula is C14H18FN3O3. The zero-order chi connectivity index (χ0) is 15.7. The zero-order valence-corrected chi connectivity index (χ0v) is 11.7. The van der Waals surface area contributed by atoms with Crippen LogP contribution in [0.4, 0.5) is 15.8 Å². The molecule has 1 saturated heterocycles. The van der Waals surface area contributed by atoms with Crippen molar-refractivity contribution >= 4 is 23.3 Å². The predicted molar refractivity (Wildman–Crippen MR) is 76.5 cm³/mol. The topological polar surface area (TPSA) is 110 Å². The normalized spacial score (nSPS) is 22.1. The van der Waals surface area contributed by atoms with Crippen LogP contribution in [0.15, 0.2) is 12.1 Å². The van der Waals surface area contributed by atoms with Crippen LogP contribution in [0, 0.1) is 11.7 Å². The summed E-state index contributed by atoms with van der Waals surface area (Å²) in [6.07, 6.45) is 1.33. The molecule has 1 aliphatic rings. The lowest BCUT2D eigenvalue weighted by Gasteiger charge is -2.39. The number of benzene rings is 1. The number of nitrogens with zero attached hydrogens (tertiary/aromatic N) is 1. The summed E-state index contributed by atoms with van der Waals surface area (Å²) in [5, 5.41) is 9.09. The fraction of sp³-hybridized carbons (Fsp3) is 0.429. The van der Waals surface area contributed by atoms with Gasteiger partial charge in [0.1, 0.15) is 5.82 Å². The van der Waals surface area contributed by atoms with Crippen molar-refractivity contribution in [1.82, 2.24) is 0 Å². The van der Waals surface area contributed by atoms with Crippen LogP contribution in [-0.2, 0) is 4.79 Å². The number of amides is 1. The molecule has 0 saturated carbocycles. The SMILES string of the molecule is CC1CCC(C(N)=O)CN1c1cc(C(=O)O)c(N)cc1F. The number of nitrogens with two attached hydrogens (primary N) is 2. The van der Waals surface area contributed by atoms with Crippen molar-refractivity contribution < 1.29 is 19.1 Å². The fourth-order valence-electron chi connectivity index (χ4n) is 2.66. The van der Waals surface area contributed by atoms with E-state index in [-0.39, 0.29) is 35.4 Å². The Balaban J connectivity index is 2.41. The summed E-state index contributed by atoms with van der Waals surface area (Å²) in [6.45, 7) is 2.17. The number of carboxylic acids is 1. The van der Waals surface area contributed by atoms with E-state index in [4.69, 9.17) is 16.6 Å². The quantitative estimate of drug-likeness (QED) is 0.726. The Kier molecular flexibility index (Phi) is 4.02. The third kappa shape index (κ3) is 2.91. The number of carbonyl (C=O) groups is 2. The highest BCUT2D eigenvalue weighted by molar-refractivity contribution is 5.95. The van der Waals surface area contributed by atoms with Gasteiger partial charge in [-0.05, 0) is 31.9 Å². The first-order valence-electron chi connectivity index (χ1n) is 6.69. The van der Waals surface area contributed by atoms with Crippen molar-refractivity contribution in [2.24, 2.45) is 11.7 Å². The summed E-state index contributed by atoms with van der Waals surface area (Å²) in [5.41, 5.74) is 10.7. The van der Waals surface area contributed by atoms with Crippen LogP contribution in [0.3, 0.4) is 0 Å². The number of primary amides is 1. The van der Waals surface area contributed by atoms with E-state index in [0.29, 0.717) is 12.8 Å². The zero-order valence-electron chi connectivity index (χ0n) is 11.7. The molecule has 21 heavy (non-hydrogen) atoms. The van der Waals surface area contributed by atoms with E-state index < -0.39 is 17.7 Å². The number of carbonyl (C=O) groups excluding carboxylic acids is 1. The van der Waals surface area contributed by atoms with Crippen molar-refractivity contribution in [3.63, 3.8) is 0 Å². The van der Waals surface area contributed by atoms with Gasteiger partial charge in [-0.15, -0.1) is 0 Å². The Morgan fingerprint density at radius 2 is 2.05 bits per heavy atom. The van der Waals surface area contributed by atoms with Gasteiger partial charge in [-0.2, -0.15) is 0 Å². The Hall–Kier alpha value is -2.31. The summed E-state index contributed by atoms with van der Waals surface area (Å²) in [6, 6.07) is 2.20. The monoisotopic (exact) mass is 295 g/mol. The molecule has 2 atom stereocenters. The standard InChI is InChI=1S/C14H18FN3O3/c1-7-2-3-8(13(17)19)6-18(7)12-4-9(14(20)21)11(16)5-10(12)15/h4-5,7-8H,2-3,6,16H2,1H3,(H2,17,19)(H,20,21). The highest BCUT2D eigenvalue weighted by atomic mass is 19.1. The molecule has 114 valence electrons. The van der Waals surface area contributed by atoms with Crippen LogP contribution < -0.4 is 16.4 Å². The Morgan fingerprint density at radius 1 is 1.38 bits per heavy atom. The average Bonchev–Trinajstić information content (AvgIpc) is 2.39. The largest absolute Gasteiger partial charge is 0.478 e. The van der Waals surface area contributed by atoms with Gasteiger partial charge >= 0.3 is 5.97 Å². The van der Waals surface area contributed by atoms with Gasteiger partial charge in [0.05, 0.1) is 17.2 Å². The van der Waals surface area contributed by atoms with Crippen LogP contribution in [0.25, 0.3) is 0 Å². The molecule has 1 aromatic rings. The van der Waals surface area contributed by atoms with Crippen LogP contribution in [-0.4, -0.2) is 29.6 Å². The van der Waals surface area contributed by atoms with Gasteiger partial charge in [0, 0.05) is 18.3 Å². The van der Waals surface area contributed by atoms with Gasteiger partial charge in [0.15, 0.2) is 0 Å². The van der Waals surface area contributed by atoms with E-state index in [1.807, 2.05) is 6.92 Å². The second kappa shape index (κ2) is 5.59. The highest BCUT2D eigenvalue weighted by Gasteiger charge is 2.30. The van der Waals surface area contributed by atoms with E-state index in [1.54, 1.807) is 4.90 Å². The number of rotatable bonds is 3. The minimum atomic E-state index is -1.22. The summed E-state index contributed by atoms with van der Waals surface area (Å²) in [4.78, 5) is 24.1. The molecule has 1 heterocycles. The second-order valence-electron chi connectivity index (χ2n) is 5.37. The molecule has 2 unspecified atom stereocenters. The third-order valence-corrected chi connectivity index (χ3v) is 3.94. The van der Waals surface area contributed by atoms with Crippen molar-refractivity contribution in [3.8, 4) is 0 Å². The molecule has 0 bridgehead atoms. The molecule has 1 amide bonds.